The van der Waals surface area contributed by atoms with Gasteiger partial charge < -0.3 is 0 Å². The van der Waals surface area contributed by atoms with E-state index in [-0.39, 0.29) is 0 Å². The number of hydrogen-bond acceptors (Lipinski definition) is 0. The first kappa shape index (κ1) is 13.4. The molecule has 20 heavy (non-hydrogen) atoms. The number of rotatable bonds is 4. The molecule has 0 unspecified atom stereocenters. The Morgan fingerprint density at radius 2 is 1.20 bits per heavy atom. The van der Waals surface area contributed by atoms with E-state index in [4.69, 9.17) is 0 Å². The van der Waals surface area contributed by atoms with Crippen molar-refractivity contribution in [3.05, 3.63) is 71.8 Å². The molecule has 0 saturated heterocycles. The van der Waals surface area contributed by atoms with Crippen LogP contribution in [-0.2, 0) is 0 Å². The Kier molecular flexibility index (Phi) is 4.53. The maximum absolute atomic E-state index is 2.29. The molecule has 0 aliphatic heterocycles. The van der Waals surface area contributed by atoms with Crippen LogP contribution in [0.3, 0.4) is 0 Å². The van der Waals surface area contributed by atoms with E-state index in [1.807, 2.05) is 0 Å². The van der Waals surface area contributed by atoms with Gasteiger partial charge in [-0.05, 0) is 23.5 Å². The van der Waals surface area contributed by atoms with Crippen molar-refractivity contribution in [1.29, 1.82) is 0 Å². The lowest BCUT2D eigenvalue weighted by atomic mass is 9.78. The molecule has 2 aromatic carbocycles. The second-order valence-electron chi connectivity index (χ2n) is 6.11. The van der Waals surface area contributed by atoms with Gasteiger partial charge in [-0.2, -0.15) is 0 Å². The van der Waals surface area contributed by atoms with Crippen molar-refractivity contribution in [3.63, 3.8) is 0 Å². The highest BCUT2D eigenvalue weighted by molar-refractivity contribution is 5.32. The van der Waals surface area contributed by atoms with Gasteiger partial charge in [-0.25, -0.2) is 0 Å². The molecule has 0 nitrogen and oxygen atoms in total. The average molecular weight is 264 g/mol. The summed E-state index contributed by atoms with van der Waals surface area (Å²) in [5.41, 5.74) is 2.95. The monoisotopic (exact) mass is 264 g/mol. The van der Waals surface area contributed by atoms with Gasteiger partial charge in [-0.3, -0.25) is 0 Å². The van der Waals surface area contributed by atoms with Crippen LogP contribution in [0.5, 0.6) is 0 Å². The van der Waals surface area contributed by atoms with Crippen LogP contribution in [0.2, 0.25) is 0 Å². The van der Waals surface area contributed by atoms with Gasteiger partial charge in [0.25, 0.3) is 0 Å². The number of benzene rings is 2. The van der Waals surface area contributed by atoms with Gasteiger partial charge in [0.15, 0.2) is 0 Å². The van der Waals surface area contributed by atoms with E-state index in [0.29, 0.717) is 5.92 Å². The summed E-state index contributed by atoms with van der Waals surface area (Å²) >= 11 is 0. The summed E-state index contributed by atoms with van der Waals surface area (Å²) in [6.45, 7) is 0. The van der Waals surface area contributed by atoms with Gasteiger partial charge in [-0.1, -0.05) is 92.8 Å². The maximum atomic E-state index is 2.29. The quantitative estimate of drug-likeness (QED) is 0.655. The van der Waals surface area contributed by atoms with E-state index in [0.717, 1.165) is 5.92 Å². The maximum Gasteiger partial charge on any atom is 0.00919 e. The van der Waals surface area contributed by atoms with Crippen molar-refractivity contribution in [2.75, 3.05) is 0 Å². The SMILES string of the molecule is c1ccc(C(CC2CCCCC2)c2ccccc2)cc1. The Morgan fingerprint density at radius 3 is 1.70 bits per heavy atom. The third-order valence-electron chi connectivity index (χ3n) is 4.70. The first-order valence-electron chi connectivity index (χ1n) is 8.03. The van der Waals surface area contributed by atoms with Crippen LogP contribution in [-0.4, -0.2) is 0 Å². The Balaban J connectivity index is 1.83. The van der Waals surface area contributed by atoms with Gasteiger partial charge in [0, 0.05) is 5.92 Å². The largest absolute Gasteiger partial charge is 0.0622 e. The molecule has 1 fully saturated rings. The van der Waals surface area contributed by atoms with Gasteiger partial charge in [0.2, 0.25) is 0 Å². The summed E-state index contributed by atoms with van der Waals surface area (Å²) in [7, 11) is 0. The predicted octanol–water partition coefficient (Wildman–Crippen LogP) is 5.79. The molecule has 1 aliphatic carbocycles. The summed E-state index contributed by atoms with van der Waals surface area (Å²) < 4.78 is 0. The van der Waals surface area contributed by atoms with Crippen LogP contribution >= 0.6 is 0 Å². The zero-order chi connectivity index (χ0) is 13.6. The Bertz CT molecular complexity index is 455. The second-order valence-corrected chi connectivity index (χ2v) is 6.11. The third-order valence-corrected chi connectivity index (χ3v) is 4.70. The number of hydrogen-bond donors (Lipinski definition) is 0. The second kappa shape index (κ2) is 6.74. The fraction of sp³-hybridized carbons (Fsp3) is 0.400. The fourth-order valence-electron chi connectivity index (χ4n) is 3.59. The van der Waals surface area contributed by atoms with E-state index < -0.39 is 0 Å². The summed E-state index contributed by atoms with van der Waals surface area (Å²) in [5, 5.41) is 0. The highest BCUT2D eigenvalue weighted by Gasteiger charge is 2.21. The Labute approximate surface area is 122 Å². The molecule has 0 heteroatoms. The summed E-state index contributed by atoms with van der Waals surface area (Å²) in [5.74, 6) is 1.48. The van der Waals surface area contributed by atoms with E-state index in [1.54, 1.807) is 0 Å². The molecular weight excluding hydrogens is 240 g/mol. The molecule has 0 spiro atoms. The Hall–Kier alpha value is -1.56. The van der Waals surface area contributed by atoms with Crippen LogP contribution in [0, 0.1) is 5.92 Å². The van der Waals surface area contributed by atoms with Gasteiger partial charge in [0.1, 0.15) is 0 Å². The zero-order valence-corrected chi connectivity index (χ0v) is 12.2. The first-order valence-corrected chi connectivity index (χ1v) is 8.03. The molecule has 1 aliphatic rings. The normalized spacial score (nSPS) is 16.4. The molecule has 3 rings (SSSR count). The lowest BCUT2D eigenvalue weighted by Crippen LogP contribution is -2.12. The molecule has 0 aromatic heterocycles. The highest BCUT2D eigenvalue weighted by Crippen LogP contribution is 2.36. The third kappa shape index (κ3) is 3.30. The van der Waals surface area contributed by atoms with Crippen molar-refractivity contribution < 1.29 is 0 Å². The van der Waals surface area contributed by atoms with Crippen molar-refractivity contribution in [1.82, 2.24) is 0 Å². The van der Waals surface area contributed by atoms with Crippen molar-refractivity contribution in [2.24, 2.45) is 5.92 Å². The first-order chi connectivity index (χ1) is 9.93. The van der Waals surface area contributed by atoms with Crippen molar-refractivity contribution in [3.8, 4) is 0 Å². The predicted molar refractivity (Wildman–Crippen MR) is 85.9 cm³/mol. The van der Waals surface area contributed by atoms with Crippen LogP contribution in [0.15, 0.2) is 60.7 Å². The molecule has 2 aromatic rings. The van der Waals surface area contributed by atoms with E-state index in [1.165, 1.54) is 49.7 Å². The summed E-state index contributed by atoms with van der Waals surface area (Å²) in [6, 6.07) is 22.1. The highest BCUT2D eigenvalue weighted by atomic mass is 14.3. The smallest absolute Gasteiger partial charge is 0.00919 e. The van der Waals surface area contributed by atoms with E-state index in [9.17, 15) is 0 Å². The molecule has 0 amide bonds. The average Bonchev–Trinajstić information content (AvgIpc) is 2.55. The molecule has 104 valence electrons. The lowest BCUT2D eigenvalue weighted by Gasteiger charge is -2.27. The Morgan fingerprint density at radius 1 is 0.700 bits per heavy atom. The summed E-state index contributed by atoms with van der Waals surface area (Å²) in [6.07, 6.45) is 8.47. The van der Waals surface area contributed by atoms with Gasteiger partial charge in [-0.15, -0.1) is 0 Å². The standard InChI is InChI=1S/C20H24/c1-4-10-17(11-5-1)16-20(18-12-6-2-7-13-18)19-14-8-3-9-15-19/h2-3,6-9,12-15,17,20H,1,4-5,10-11,16H2. The van der Waals surface area contributed by atoms with Crippen LogP contribution in [0.1, 0.15) is 55.6 Å². The van der Waals surface area contributed by atoms with Crippen molar-refractivity contribution >= 4 is 0 Å². The summed E-state index contributed by atoms with van der Waals surface area (Å²) in [4.78, 5) is 0. The molecule has 0 atom stereocenters. The van der Waals surface area contributed by atoms with Gasteiger partial charge in [0.05, 0.1) is 0 Å². The molecule has 0 heterocycles. The van der Waals surface area contributed by atoms with Gasteiger partial charge >= 0.3 is 0 Å². The van der Waals surface area contributed by atoms with Crippen LogP contribution in [0.25, 0.3) is 0 Å². The molecule has 1 saturated carbocycles. The topological polar surface area (TPSA) is 0 Å². The van der Waals surface area contributed by atoms with Crippen LogP contribution < -0.4 is 0 Å². The minimum Gasteiger partial charge on any atom is -0.0622 e. The van der Waals surface area contributed by atoms with E-state index >= 15 is 0 Å². The molecule has 0 radical (unpaired) electrons. The van der Waals surface area contributed by atoms with Crippen LogP contribution in [0.4, 0.5) is 0 Å². The molecular formula is C20H24. The van der Waals surface area contributed by atoms with Crippen molar-refractivity contribution in [2.45, 2.75) is 44.4 Å². The zero-order valence-electron chi connectivity index (χ0n) is 12.2. The molecule has 0 bridgehead atoms. The lowest BCUT2D eigenvalue weighted by molar-refractivity contribution is 0.327. The minimum atomic E-state index is 0.570. The fourth-order valence-corrected chi connectivity index (χ4v) is 3.59. The van der Waals surface area contributed by atoms with E-state index in [2.05, 4.69) is 60.7 Å². The molecule has 0 N–H and O–H groups in total. The minimum absolute atomic E-state index is 0.570.